The van der Waals surface area contributed by atoms with Crippen molar-refractivity contribution in [2.75, 3.05) is 7.11 Å². The minimum absolute atomic E-state index is 0.0912. The number of hydrogen-bond donors (Lipinski definition) is 0. The van der Waals surface area contributed by atoms with Crippen molar-refractivity contribution in [3.05, 3.63) is 94.0 Å². The van der Waals surface area contributed by atoms with E-state index in [1.807, 2.05) is 54.6 Å². The predicted molar refractivity (Wildman–Crippen MR) is 100 cm³/mol. The van der Waals surface area contributed by atoms with Crippen molar-refractivity contribution in [3.63, 3.8) is 0 Å². The van der Waals surface area contributed by atoms with Crippen LogP contribution >= 0.6 is 0 Å². The number of nitro benzene ring substituents is 1. The molecule has 0 fully saturated rings. The zero-order valence-corrected chi connectivity index (χ0v) is 13.8. The molecule has 0 saturated heterocycles. The normalized spacial score (nSPS) is 10.8. The molecule has 3 rings (SSSR count). The highest BCUT2D eigenvalue weighted by Crippen LogP contribution is 2.30. The lowest BCUT2D eigenvalue weighted by molar-refractivity contribution is -0.385. The minimum atomic E-state index is -0.369. The van der Waals surface area contributed by atoms with Gasteiger partial charge in [0.1, 0.15) is 5.75 Å². The molecule has 3 aromatic carbocycles. The highest BCUT2D eigenvalue weighted by Gasteiger charge is 2.10. The Bertz CT molecular complexity index is 917. The number of para-hydroxylation sites is 1. The molecule has 0 heterocycles. The number of benzene rings is 3. The molecule has 0 aliphatic heterocycles. The first kappa shape index (κ1) is 16.5. The number of methoxy groups -OCH3 is 1. The van der Waals surface area contributed by atoms with Gasteiger partial charge in [-0.2, -0.15) is 0 Å². The number of nitrogens with zero attached hydrogens (tertiary/aromatic N) is 1. The van der Waals surface area contributed by atoms with Gasteiger partial charge in [-0.1, -0.05) is 54.6 Å². The molecule has 0 aromatic heterocycles. The summed E-state index contributed by atoms with van der Waals surface area (Å²) in [7, 11) is 1.63. The average Bonchev–Trinajstić information content (AvgIpc) is 2.67. The minimum Gasteiger partial charge on any atom is -0.497 e. The Balaban J connectivity index is 2.05. The van der Waals surface area contributed by atoms with Crippen LogP contribution in [0.1, 0.15) is 11.1 Å². The van der Waals surface area contributed by atoms with E-state index >= 15 is 0 Å². The van der Waals surface area contributed by atoms with Crippen molar-refractivity contribution < 1.29 is 9.66 Å². The van der Waals surface area contributed by atoms with Gasteiger partial charge in [0.25, 0.3) is 5.69 Å². The van der Waals surface area contributed by atoms with E-state index in [0.717, 1.165) is 22.4 Å². The van der Waals surface area contributed by atoms with Crippen molar-refractivity contribution in [1.29, 1.82) is 0 Å². The van der Waals surface area contributed by atoms with Crippen LogP contribution in [0.15, 0.2) is 72.8 Å². The Hall–Kier alpha value is -3.40. The Morgan fingerprint density at radius 1 is 0.880 bits per heavy atom. The quantitative estimate of drug-likeness (QED) is 0.355. The van der Waals surface area contributed by atoms with Crippen LogP contribution in [0.25, 0.3) is 23.3 Å². The molecule has 0 aliphatic carbocycles. The molecule has 0 N–H and O–H groups in total. The first-order chi connectivity index (χ1) is 12.2. The second kappa shape index (κ2) is 7.45. The molecule has 4 heteroatoms. The van der Waals surface area contributed by atoms with Crippen LogP contribution in [0.5, 0.6) is 5.75 Å². The molecule has 3 aromatic rings. The van der Waals surface area contributed by atoms with Crippen LogP contribution in [0.2, 0.25) is 0 Å². The molecule has 0 atom stereocenters. The number of ether oxygens (including phenoxy) is 1. The van der Waals surface area contributed by atoms with E-state index in [2.05, 4.69) is 0 Å². The molecule has 0 radical (unpaired) electrons. The number of nitro groups is 1. The summed E-state index contributed by atoms with van der Waals surface area (Å²) >= 11 is 0. The highest BCUT2D eigenvalue weighted by atomic mass is 16.6. The van der Waals surface area contributed by atoms with Crippen LogP contribution in [0.3, 0.4) is 0 Å². The maximum absolute atomic E-state index is 11.2. The van der Waals surface area contributed by atoms with Crippen molar-refractivity contribution in [1.82, 2.24) is 0 Å². The Labute approximate surface area is 146 Å². The highest BCUT2D eigenvalue weighted by molar-refractivity contribution is 5.83. The fourth-order valence-electron chi connectivity index (χ4n) is 2.65. The molecule has 0 amide bonds. The van der Waals surface area contributed by atoms with Gasteiger partial charge >= 0.3 is 0 Å². The van der Waals surface area contributed by atoms with Gasteiger partial charge in [-0.25, -0.2) is 0 Å². The van der Waals surface area contributed by atoms with Gasteiger partial charge in [-0.15, -0.1) is 0 Å². The van der Waals surface area contributed by atoms with Gasteiger partial charge in [-0.3, -0.25) is 10.1 Å². The molecule has 0 unspecified atom stereocenters. The fourth-order valence-corrected chi connectivity index (χ4v) is 2.65. The third-order valence-electron chi connectivity index (χ3n) is 3.92. The van der Waals surface area contributed by atoms with Gasteiger partial charge in [0, 0.05) is 6.07 Å². The van der Waals surface area contributed by atoms with Crippen molar-refractivity contribution in [3.8, 4) is 16.9 Å². The summed E-state index contributed by atoms with van der Waals surface area (Å²) in [5, 5.41) is 11.2. The van der Waals surface area contributed by atoms with Crippen molar-refractivity contribution in [2.24, 2.45) is 0 Å². The first-order valence-corrected chi connectivity index (χ1v) is 7.84. The van der Waals surface area contributed by atoms with Gasteiger partial charge in [0.15, 0.2) is 0 Å². The molecule has 25 heavy (non-hydrogen) atoms. The van der Waals surface area contributed by atoms with Gasteiger partial charge in [0.2, 0.25) is 0 Å². The summed E-state index contributed by atoms with van der Waals surface area (Å²) in [5.74, 6) is 0.765. The Morgan fingerprint density at radius 3 is 2.28 bits per heavy atom. The maximum atomic E-state index is 11.2. The zero-order chi connectivity index (χ0) is 17.6. The summed E-state index contributed by atoms with van der Waals surface area (Å²) in [5.41, 5.74) is 3.69. The monoisotopic (exact) mass is 331 g/mol. The summed E-state index contributed by atoms with van der Waals surface area (Å²) < 4.78 is 5.33. The van der Waals surface area contributed by atoms with Crippen LogP contribution in [0, 0.1) is 10.1 Å². The van der Waals surface area contributed by atoms with E-state index in [1.165, 1.54) is 6.07 Å². The maximum Gasteiger partial charge on any atom is 0.276 e. The number of rotatable bonds is 5. The van der Waals surface area contributed by atoms with E-state index in [1.54, 1.807) is 31.4 Å². The second-order valence-electron chi connectivity index (χ2n) is 5.47. The molecule has 124 valence electrons. The Kier molecular flexibility index (Phi) is 4.90. The largest absolute Gasteiger partial charge is 0.497 e. The smallest absolute Gasteiger partial charge is 0.276 e. The van der Waals surface area contributed by atoms with Gasteiger partial charge < -0.3 is 4.74 Å². The van der Waals surface area contributed by atoms with E-state index in [-0.39, 0.29) is 10.6 Å². The molecular weight excluding hydrogens is 314 g/mol. The zero-order valence-electron chi connectivity index (χ0n) is 13.8. The topological polar surface area (TPSA) is 52.4 Å². The standard InChI is InChI=1S/C21H17NO3/c1-25-19-14-13-17(20(15-19)16-7-3-2-4-8-16)11-12-18-9-5-6-10-21(18)22(23)24/h2-15H,1H3. The average molecular weight is 331 g/mol. The lowest BCUT2D eigenvalue weighted by Gasteiger charge is -2.09. The predicted octanol–water partition coefficient (Wildman–Crippen LogP) is 5.44. The number of hydrogen-bond acceptors (Lipinski definition) is 3. The van der Waals surface area contributed by atoms with Gasteiger partial charge in [0.05, 0.1) is 17.6 Å². The van der Waals surface area contributed by atoms with E-state index in [9.17, 15) is 10.1 Å². The van der Waals surface area contributed by atoms with Crippen molar-refractivity contribution in [2.45, 2.75) is 0 Å². The summed E-state index contributed by atoms with van der Waals surface area (Å²) in [6.07, 6.45) is 3.66. The second-order valence-corrected chi connectivity index (χ2v) is 5.47. The summed E-state index contributed by atoms with van der Waals surface area (Å²) in [6, 6.07) is 22.5. The Morgan fingerprint density at radius 2 is 1.56 bits per heavy atom. The van der Waals surface area contributed by atoms with Crippen LogP contribution < -0.4 is 4.74 Å². The van der Waals surface area contributed by atoms with Crippen LogP contribution in [0.4, 0.5) is 5.69 Å². The molecule has 0 spiro atoms. The lowest BCUT2D eigenvalue weighted by Crippen LogP contribution is -1.91. The van der Waals surface area contributed by atoms with Crippen molar-refractivity contribution >= 4 is 17.8 Å². The van der Waals surface area contributed by atoms with E-state index in [4.69, 9.17) is 4.74 Å². The summed E-state index contributed by atoms with van der Waals surface area (Å²) in [6.45, 7) is 0. The third-order valence-corrected chi connectivity index (χ3v) is 3.92. The van der Waals surface area contributed by atoms with Crippen LogP contribution in [-0.4, -0.2) is 12.0 Å². The SMILES string of the molecule is COc1ccc(C=Cc2ccccc2[N+](=O)[O-])c(-c2ccccc2)c1. The van der Waals surface area contributed by atoms with Crippen LogP contribution in [-0.2, 0) is 0 Å². The molecule has 0 aliphatic rings. The molecule has 0 bridgehead atoms. The fraction of sp³-hybridized carbons (Fsp3) is 0.0476. The third kappa shape index (κ3) is 3.75. The molecule has 0 saturated carbocycles. The summed E-state index contributed by atoms with van der Waals surface area (Å²) in [4.78, 5) is 10.8. The van der Waals surface area contributed by atoms with E-state index < -0.39 is 0 Å². The molecular formula is C21H17NO3. The first-order valence-electron chi connectivity index (χ1n) is 7.84. The lowest BCUT2D eigenvalue weighted by atomic mass is 9.98. The van der Waals surface area contributed by atoms with Gasteiger partial charge in [-0.05, 0) is 41.0 Å². The molecule has 4 nitrogen and oxygen atoms in total. The van der Waals surface area contributed by atoms with E-state index in [0.29, 0.717) is 5.56 Å².